The van der Waals surface area contributed by atoms with Crippen LogP contribution in [0.4, 0.5) is 0 Å². The summed E-state index contributed by atoms with van der Waals surface area (Å²) in [6.07, 6.45) is 11.0. The Labute approximate surface area is 121 Å². The summed E-state index contributed by atoms with van der Waals surface area (Å²) in [6, 6.07) is 0. The maximum Gasteiger partial charge on any atom is 0.303 e. The number of hydrogen-bond acceptors (Lipinski definition) is 3. The van der Waals surface area contributed by atoms with E-state index in [2.05, 4.69) is 0 Å². The fraction of sp³-hybridized carbons (Fsp3) is 0.812. The van der Waals surface area contributed by atoms with Crippen molar-refractivity contribution in [3.05, 3.63) is 5.57 Å². The molecule has 0 aromatic rings. The third kappa shape index (κ3) is 13.3. The average molecular weight is 284 g/mol. The lowest BCUT2D eigenvalue weighted by molar-refractivity contribution is -0.137. The zero-order valence-electron chi connectivity index (χ0n) is 12.4. The number of carbonyl (C=O) groups is 1. The van der Waals surface area contributed by atoms with Gasteiger partial charge in [-0.25, -0.2) is 4.79 Å². The first-order chi connectivity index (χ1) is 9.70. The van der Waals surface area contributed by atoms with Crippen LogP contribution < -0.4 is 0 Å². The van der Waals surface area contributed by atoms with E-state index in [0.29, 0.717) is 12.8 Å². The fourth-order valence-electron chi connectivity index (χ4n) is 2.19. The van der Waals surface area contributed by atoms with E-state index in [-0.39, 0.29) is 13.0 Å². The van der Waals surface area contributed by atoms with E-state index in [9.17, 15) is 9.59 Å². The van der Waals surface area contributed by atoms with E-state index in [1.165, 1.54) is 19.3 Å². The number of carboxylic acids is 1. The number of carboxylic acid groups (broad SMARTS) is 1. The highest BCUT2D eigenvalue weighted by Crippen LogP contribution is 2.14. The van der Waals surface area contributed by atoms with Gasteiger partial charge in [0.25, 0.3) is 0 Å². The molecule has 0 unspecified atom stereocenters. The van der Waals surface area contributed by atoms with Crippen LogP contribution in [0.5, 0.6) is 0 Å². The Hall–Kier alpha value is -1.12. The molecule has 0 saturated heterocycles. The fourth-order valence-corrected chi connectivity index (χ4v) is 2.19. The second-order valence-corrected chi connectivity index (χ2v) is 5.25. The normalized spacial score (nSPS) is 10.2. The standard InChI is InChI=1S/C16H28O4/c17-13-9-11-15(14-18)10-7-5-3-1-2-4-6-8-12-16(19)20/h17H,1-13H2,(H,19,20). The highest BCUT2D eigenvalue weighted by Gasteiger charge is 2.00. The van der Waals surface area contributed by atoms with Crippen LogP contribution in [0.25, 0.3) is 0 Å². The molecular formula is C16H28O4. The van der Waals surface area contributed by atoms with Gasteiger partial charge in [0.2, 0.25) is 0 Å². The summed E-state index contributed by atoms with van der Waals surface area (Å²) in [7, 11) is 0. The Balaban J connectivity index is 3.27. The SMILES string of the molecule is O=C=C(CCCO)CCCCCCCCCCC(=O)O. The molecule has 0 bridgehead atoms. The van der Waals surface area contributed by atoms with Gasteiger partial charge in [-0.3, -0.25) is 4.79 Å². The van der Waals surface area contributed by atoms with Gasteiger partial charge >= 0.3 is 5.97 Å². The van der Waals surface area contributed by atoms with Crippen LogP contribution in [-0.2, 0) is 9.59 Å². The maximum absolute atomic E-state index is 10.6. The minimum atomic E-state index is -0.703. The van der Waals surface area contributed by atoms with Gasteiger partial charge in [0.1, 0.15) is 5.94 Å². The average Bonchev–Trinajstić information content (AvgIpc) is 2.43. The van der Waals surface area contributed by atoms with E-state index >= 15 is 0 Å². The van der Waals surface area contributed by atoms with E-state index in [4.69, 9.17) is 10.2 Å². The molecule has 0 aliphatic rings. The van der Waals surface area contributed by atoms with Crippen molar-refractivity contribution in [3.63, 3.8) is 0 Å². The Bertz CT molecular complexity index is 293. The number of hydrogen-bond donors (Lipinski definition) is 2. The summed E-state index contributed by atoms with van der Waals surface area (Å²) >= 11 is 0. The van der Waals surface area contributed by atoms with Crippen molar-refractivity contribution in [2.24, 2.45) is 0 Å². The number of aliphatic hydroxyl groups excluding tert-OH is 1. The molecular weight excluding hydrogens is 256 g/mol. The van der Waals surface area contributed by atoms with Crippen LogP contribution in [0.3, 0.4) is 0 Å². The molecule has 0 aromatic carbocycles. The summed E-state index contributed by atoms with van der Waals surface area (Å²) in [5.74, 6) is 1.28. The topological polar surface area (TPSA) is 74.6 Å². The predicted octanol–water partition coefficient (Wildman–Crippen LogP) is 3.50. The molecule has 0 aromatic heterocycles. The second kappa shape index (κ2) is 14.3. The second-order valence-electron chi connectivity index (χ2n) is 5.25. The molecule has 0 radical (unpaired) electrons. The molecule has 0 amide bonds. The summed E-state index contributed by atoms with van der Waals surface area (Å²) in [4.78, 5) is 20.9. The lowest BCUT2D eigenvalue weighted by Crippen LogP contribution is -1.93. The third-order valence-corrected chi connectivity index (χ3v) is 3.40. The van der Waals surface area contributed by atoms with Crippen molar-refractivity contribution in [1.29, 1.82) is 0 Å². The van der Waals surface area contributed by atoms with Crippen molar-refractivity contribution in [2.75, 3.05) is 6.61 Å². The highest BCUT2D eigenvalue weighted by atomic mass is 16.4. The zero-order valence-corrected chi connectivity index (χ0v) is 12.4. The Morgan fingerprint density at radius 2 is 1.20 bits per heavy atom. The summed E-state index contributed by atoms with van der Waals surface area (Å²) in [5.41, 5.74) is 0.799. The Morgan fingerprint density at radius 3 is 1.65 bits per heavy atom. The molecule has 4 heteroatoms. The molecule has 0 aliphatic heterocycles. The number of aliphatic hydroxyl groups is 1. The van der Waals surface area contributed by atoms with Gasteiger partial charge in [-0.15, -0.1) is 0 Å². The molecule has 0 spiro atoms. The van der Waals surface area contributed by atoms with Gasteiger partial charge in [-0.1, -0.05) is 38.5 Å². The molecule has 4 nitrogen and oxygen atoms in total. The number of allylic oxidation sites excluding steroid dienone is 1. The zero-order chi connectivity index (χ0) is 15.1. The van der Waals surface area contributed by atoms with Crippen molar-refractivity contribution in [3.8, 4) is 0 Å². The van der Waals surface area contributed by atoms with Crippen molar-refractivity contribution in [1.82, 2.24) is 0 Å². The lowest BCUT2D eigenvalue weighted by Gasteiger charge is -2.03. The summed E-state index contributed by atoms with van der Waals surface area (Å²) in [5, 5.41) is 17.2. The number of unbranched alkanes of at least 4 members (excludes halogenated alkanes) is 7. The van der Waals surface area contributed by atoms with Crippen molar-refractivity contribution < 1.29 is 19.8 Å². The Kier molecular flexibility index (Phi) is 13.5. The van der Waals surface area contributed by atoms with Gasteiger partial charge in [0, 0.05) is 18.6 Å². The third-order valence-electron chi connectivity index (χ3n) is 3.40. The first kappa shape index (κ1) is 18.9. The molecule has 0 atom stereocenters. The van der Waals surface area contributed by atoms with Crippen LogP contribution in [0, 0.1) is 0 Å². The van der Waals surface area contributed by atoms with Crippen LogP contribution >= 0.6 is 0 Å². The molecule has 116 valence electrons. The van der Waals surface area contributed by atoms with Crippen LogP contribution in [0.1, 0.15) is 77.0 Å². The van der Waals surface area contributed by atoms with Crippen molar-refractivity contribution >= 4 is 11.9 Å². The molecule has 2 N–H and O–H groups in total. The summed E-state index contributed by atoms with van der Waals surface area (Å²) in [6.45, 7) is 0.132. The summed E-state index contributed by atoms with van der Waals surface area (Å²) < 4.78 is 0. The molecule has 0 fully saturated rings. The predicted molar refractivity (Wildman–Crippen MR) is 79.3 cm³/mol. The van der Waals surface area contributed by atoms with E-state index in [1.54, 1.807) is 0 Å². The van der Waals surface area contributed by atoms with E-state index < -0.39 is 5.97 Å². The number of aliphatic carboxylic acids is 1. The monoisotopic (exact) mass is 284 g/mol. The van der Waals surface area contributed by atoms with Gasteiger partial charge in [-0.2, -0.15) is 0 Å². The highest BCUT2D eigenvalue weighted by molar-refractivity contribution is 5.66. The van der Waals surface area contributed by atoms with Crippen LogP contribution in [-0.4, -0.2) is 28.7 Å². The minimum Gasteiger partial charge on any atom is -0.481 e. The number of carbonyl (C=O) groups excluding carboxylic acids is 1. The quantitative estimate of drug-likeness (QED) is 0.378. The largest absolute Gasteiger partial charge is 0.481 e. The number of rotatable bonds is 14. The molecule has 0 saturated carbocycles. The van der Waals surface area contributed by atoms with Gasteiger partial charge < -0.3 is 10.2 Å². The van der Waals surface area contributed by atoms with Gasteiger partial charge in [0.15, 0.2) is 0 Å². The molecule has 0 aliphatic carbocycles. The molecule has 0 rings (SSSR count). The maximum atomic E-state index is 10.6. The minimum absolute atomic E-state index is 0.132. The van der Waals surface area contributed by atoms with Crippen LogP contribution in [0.15, 0.2) is 5.57 Å². The van der Waals surface area contributed by atoms with E-state index in [1.807, 2.05) is 5.94 Å². The Morgan fingerprint density at radius 1 is 0.750 bits per heavy atom. The van der Waals surface area contributed by atoms with Gasteiger partial charge in [0.05, 0.1) is 0 Å². The first-order valence-electron chi connectivity index (χ1n) is 7.76. The molecule has 20 heavy (non-hydrogen) atoms. The van der Waals surface area contributed by atoms with Crippen LogP contribution in [0.2, 0.25) is 0 Å². The smallest absolute Gasteiger partial charge is 0.303 e. The lowest BCUT2D eigenvalue weighted by atomic mass is 10.0. The van der Waals surface area contributed by atoms with Gasteiger partial charge in [-0.05, 0) is 32.1 Å². The van der Waals surface area contributed by atoms with E-state index in [0.717, 1.165) is 44.1 Å². The molecule has 0 heterocycles. The first-order valence-corrected chi connectivity index (χ1v) is 7.76. The van der Waals surface area contributed by atoms with Crippen molar-refractivity contribution in [2.45, 2.75) is 77.0 Å².